The highest BCUT2D eigenvalue weighted by Crippen LogP contribution is 2.17. The van der Waals surface area contributed by atoms with Crippen molar-refractivity contribution in [1.29, 1.82) is 0 Å². The van der Waals surface area contributed by atoms with Crippen LogP contribution in [0, 0.1) is 5.92 Å². The van der Waals surface area contributed by atoms with E-state index in [0.29, 0.717) is 31.1 Å². The first-order valence-electron chi connectivity index (χ1n) is 10.5. The summed E-state index contributed by atoms with van der Waals surface area (Å²) in [6.45, 7) is 13.4. The Morgan fingerprint density at radius 1 is 1.14 bits per heavy atom. The molecule has 0 aromatic heterocycles. The van der Waals surface area contributed by atoms with Gasteiger partial charge in [0.05, 0.1) is 4.90 Å². The van der Waals surface area contributed by atoms with Crippen molar-refractivity contribution in [3.05, 3.63) is 29.8 Å². The van der Waals surface area contributed by atoms with Crippen molar-refractivity contribution in [2.45, 2.75) is 38.6 Å². The van der Waals surface area contributed by atoms with Gasteiger partial charge in [-0.2, -0.15) is 4.31 Å². The number of carbonyl (C=O) groups is 1. The number of piperazine rings is 1. The number of nitrogens with one attached hydrogen (secondary N) is 1. The predicted molar refractivity (Wildman–Crippen MR) is 117 cm³/mol. The second-order valence-corrected chi connectivity index (χ2v) is 9.92. The molecule has 1 aromatic rings. The highest BCUT2D eigenvalue weighted by atomic mass is 32.2. The molecule has 1 aliphatic heterocycles. The number of rotatable bonds is 9. The topological polar surface area (TPSA) is 73.0 Å². The van der Waals surface area contributed by atoms with Gasteiger partial charge in [-0.3, -0.25) is 9.69 Å². The number of likely N-dealkylation sites (N-methyl/N-ethyl adjacent to an activating group) is 1. The normalized spacial score (nSPS) is 17.6. The lowest BCUT2D eigenvalue weighted by molar-refractivity contribution is 0.0791. The molecule has 0 bridgehead atoms. The van der Waals surface area contributed by atoms with E-state index in [1.807, 2.05) is 13.8 Å². The second kappa shape index (κ2) is 10.5. The van der Waals surface area contributed by atoms with Gasteiger partial charge in [-0.15, -0.1) is 0 Å². The van der Waals surface area contributed by atoms with Crippen LogP contribution in [0.4, 0.5) is 0 Å². The molecule has 0 radical (unpaired) electrons. The Kier molecular flexibility index (Phi) is 8.63. The van der Waals surface area contributed by atoms with E-state index >= 15 is 0 Å². The zero-order chi connectivity index (χ0) is 21.6. The van der Waals surface area contributed by atoms with Crippen LogP contribution in [0.5, 0.6) is 0 Å². The number of nitrogens with zero attached hydrogens (tertiary/aromatic N) is 3. The minimum absolute atomic E-state index is 0.160. The fraction of sp³-hybridized carbons (Fsp3) is 0.667. The average Bonchev–Trinajstić information content (AvgIpc) is 2.70. The number of amides is 1. The van der Waals surface area contributed by atoms with Crippen LogP contribution in [-0.4, -0.2) is 87.3 Å². The van der Waals surface area contributed by atoms with Crippen molar-refractivity contribution in [1.82, 2.24) is 19.4 Å². The molecule has 8 heteroatoms. The maximum Gasteiger partial charge on any atom is 0.251 e. The van der Waals surface area contributed by atoms with Crippen molar-refractivity contribution in [3.63, 3.8) is 0 Å². The Bertz CT molecular complexity index is 770. The van der Waals surface area contributed by atoms with Crippen LogP contribution in [0.25, 0.3) is 0 Å². The van der Waals surface area contributed by atoms with Crippen molar-refractivity contribution < 1.29 is 13.2 Å². The Morgan fingerprint density at radius 2 is 1.76 bits per heavy atom. The Balaban J connectivity index is 2.08. The minimum atomic E-state index is -3.58. The van der Waals surface area contributed by atoms with Crippen LogP contribution in [0.15, 0.2) is 29.2 Å². The molecular weight excluding hydrogens is 388 g/mol. The molecular formula is C21H36N4O3S. The second-order valence-electron chi connectivity index (χ2n) is 7.98. The quantitative estimate of drug-likeness (QED) is 0.653. The van der Waals surface area contributed by atoms with Gasteiger partial charge < -0.3 is 10.2 Å². The van der Waals surface area contributed by atoms with E-state index in [2.05, 4.69) is 36.0 Å². The lowest BCUT2D eigenvalue weighted by Crippen LogP contribution is -2.54. The highest BCUT2D eigenvalue weighted by molar-refractivity contribution is 7.89. The molecule has 0 spiro atoms. The van der Waals surface area contributed by atoms with E-state index in [1.165, 1.54) is 10.4 Å². The van der Waals surface area contributed by atoms with Crippen LogP contribution < -0.4 is 5.32 Å². The van der Waals surface area contributed by atoms with Crippen molar-refractivity contribution in [2.24, 2.45) is 5.92 Å². The van der Waals surface area contributed by atoms with Crippen molar-refractivity contribution in [3.8, 4) is 0 Å². The van der Waals surface area contributed by atoms with Crippen molar-refractivity contribution >= 4 is 15.9 Å². The Labute approximate surface area is 176 Å². The van der Waals surface area contributed by atoms with E-state index in [1.54, 1.807) is 18.2 Å². The van der Waals surface area contributed by atoms with E-state index in [0.717, 1.165) is 26.2 Å². The first-order valence-corrected chi connectivity index (χ1v) is 12.0. The third kappa shape index (κ3) is 6.01. The number of hydrogen-bond donors (Lipinski definition) is 1. The summed E-state index contributed by atoms with van der Waals surface area (Å²) in [7, 11) is -1.46. The maximum atomic E-state index is 12.7. The molecule has 1 saturated heterocycles. The number of carbonyl (C=O) groups excluding carboxylic acids is 1. The molecule has 1 N–H and O–H groups in total. The Morgan fingerprint density at radius 3 is 2.31 bits per heavy atom. The number of hydrogen-bond acceptors (Lipinski definition) is 5. The van der Waals surface area contributed by atoms with Gasteiger partial charge in [0.25, 0.3) is 5.91 Å². The minimum Gasteiger partial charge on any atom is -0.350 e. The summed E-state index contributed by atoms with van der Waals surface area (Å²) in [5.41, 5.74) is 0.374. The molecule has 0 aliphatic carbocycles. The summed E-state index contributed by atoms with van der Waals surface area (Å²) >= 11 is 0. The van der Waals surface area contributed by atoms with Crippen LogP contribution >= 0.6 is 0 Å². The average molecular weight is 425 g/mol. The molecule has 7 nitrogen and oxygen atoms in total. The van der Waals surface area contributed by atoms with E-state index in [-0.39, 0.29) is 16.8 Å². The predicted octanol–water partition coefficient (Wildman–Crippen LogP) is 1.72. The van der Waals surface area contributed by atoms with Gasteiger partial charge in [0, 0.05) is 57.4 Å². The first-order chi connectivity index (χ1) is 13.7. The zero-order valence-corrected chi connectivity index (χ0v) is 19.2. The summed E-state index contributed by atoms with van der Waals surface area (Å²) < 4.78 is 26.9. The lowest BCUT2D eigenvalue weighted by atomic mass is 10.0. The number of sulfonamides is 1. The standard InChI is InChI=1S/C21H36N4O3S/c1-6-25(7-2)29(27,28)19-10-8-9-18(15-19)21(26)22-16-20(17(3)4)24-13-11-23(5)12-14-24/h8-10,15,17,20H,6-7,11-14,16H2,1-5H3,(H,22,26). The summed E-state index contributed by atoms with van der Waals surface area (Å²) in [6.07, 6.45) is 0. The van der Waals surface area contributed by atoms with Gasteiger partial charge >= 0.3 is 0 Å². The summed E-state index contributed by atoms with van der Waals surface area (Å²) in [5.74, 6) is 0.175. The summed E-state index contributed by atoms with van der Waals surface area (Å²) in [6, 6.07) is 6.58. The molecule has 1 atom stereocenters. The van der Waals surface area contributed by atoms with Crippen LogP contribution in [0.1, 0.15) is 38.1 Å². The van der Waals surface area contributed by atoms with Gasteiger partial charge in [0.1, 0.15) is 0 Å². The van der Waals surface area contributed by atoms with E-state index in [9.17, 15) is 13.2 Å². The van der Waals surface area contributed by atoms with Crippen LogP contribution in [0.2, 0.25) is 0 Å². The molecule has 1 heterocycles. The van der Waals surface area contributed by atoms with Crippen LogP contribution in [-0.2, 0) is 10.0 Å². The molecule has 164 valence electrons. The smallest absolute Gasteiger partial charge is 0.251 e. The maximum absolute atomic E-state index is 12.7. The summed E-state index contributed by atoms with van der Waals surface area (Å²) in [5, 5.41) is 3.02. The fourth-order valence-electron chi connectivity index (χ4n) is 3.75. The molecule has 1 unspecified atom stereocenters. The van der Waals surface area contributed by atoms with Gasteiger partial charge in [-0.1, -0.05) is 33.8 Å². The Hall–Kier alpha value is -1.48. The molecule has 1 fully saturated rings. The largest absolute Gasteiger partial charge is 0.350 e. The molecule has 2 rings (SSSR count). The van der Waals surface area contributed by atoms with Crippen molar-refractivity contribution in [2.75, 3.05) is 52.9 Å². The zero-order valence-electron chi connectivity index (χ0n) is 18.4. The number of benzene rings is 1. The van der Waals surface area contributed by atoms with E-state index in [4.69, 9.17) is 0 Å². The van der Waals surface area contributed by atoms with Gasteiger partial charge in [-0.05, 0) is 31.2 Å². The molecule has 1 aromatic carbocycles. The van der Waals surface area contributed by atoms with Crippen LogP contribution in [0.3, 0.4) is 0 Å². The molecule has 1 amide bonds. The van der Waals surface area contributed by atoms with Gasteiger partial charge in [-0.25, -0.2) is 8.42 Å². The van der Waals surface area contributed by atoms with Gasteiger partial charge in [0.15, 0.2) is 0 Å². The third-order valence-corrected chi connectivity index (χ3v) is 7.73. The molecule has 0 saturated carbocycles. The molecule has 1 aliphatic rings. The SMILES string of the molecule is CCN(CC)S(=O)(=O)c1cccc(C(=O)NCC(C(C)C)N2CCN(C)CC2)c1. The highest BCUT2D eigenvalue weighted by Gasteiger charge is 2.26. The van der Waals surface area contributed by atoms with E-state index < -0.39 is 10.0 Å². The first kappa shape index (κ1) is 23.8. The fourth-order valence-corrected chi connectivity index (χ4v) is 5.25. The third-order valence-electron chi connectivity index (χ3n) is 5.69. The monoisotopic (exact) mass is 424 g/mol. The lowest BCUT2D eigenvalue weighted by Gasteiger charge is -2.39. The van der Waals surface area contributed by atoms with Gasteiger partial charge in [0.2, 0.25) is 10.0 Å². The summed E-state index contributed by atoms with van der Waals surface area (Å²) in [4.78, 5) is 17.7. The molecule has 29 heavy (non-hydrogen) atoms.